The van der Waals surface area contributed by atoms with Crippen LogP contribution in [0.4, 0.5) is 13.2 Å². The Morgan fingerprint density at radius 3 is 2.88 bits per heavy atom. The first-order chi connectivity index (χ1) is 15.6. The molecule has 4 aromatic rings. The van der Waals surface area contributed by atoms with E-state index in [1.54, 1.807) is 28.9 Å². The average molecular weight is 479 g/mol. The number of nitrogens with zero attached hydrogens (tertiary/aromatic N) is 5. The van der Waals surface area contributed by atoms with Crippen LogP contribution in [-0.2, 0) is 12.1 Å². The number of nitrogens with one attached hydrogen (secondary N) is 1. The van der Waals surface area contributed by atoms with Gasteiger partial charge < -0.3 is 14.3 Å². The quantitative estimate of drug-likeness (QED) is 0.461. The van der Waals surface area contributed by atoms with Crippen molar-refractivity contribution in [1.29, 1.82) is 0 Å². The maximum Gasteiger partial charge on any atom is 0.292 e. The number of alkyl halides is 3. The Balaban J connectivity index is 1.63. The minimum atomic E-state index is -3.12. The number of aromatic amines is 1. The number of carbonyl (C=O) groups is 1. The topological polar surface area (TPSA) is 92.3 Å². The highest BCUT2D eigenvalue weighted by Crippen LogP contribution is 2.37. The van der Waals surface area contributed by atoms with Crippen molar-refractivity contribution in [2.45, 2.75) is 38.4 Å². The fraction of sp³-hybridized carbons (Fsp3) is 0.333. The summed E-state index contributed by atoms with van der Waals surface area (Å²) < 4.78 is 48.6. The van der Waals surface area contributed by atoms with Crippen LogP contribution < -0.4 is 0 Å². The second-order valence-corrected chi connectivity index (χ2v) is 8.59. The van der Waals surface area contributed by atoms with Gasteiger partial charge in [0.05, 0.1) is 28.3 Å². The van der Waals surface area contributed by atoms with Crippen LogP contribution in [0.15, 0.2) is 35.1 Å². The lowest BCUT2D eigenvalue weighted by atomic mass is 9.99. The summed E-state index contributed by atoms with van der Waals surface area (Å²) in [5, 5.41) is 4.99. The van der Waals surface area contributed by atoms with Gasteiger partial charge in [0.25, 0.3) is 12.3 Å². The molecule has 0 aliphatic carbocycles. The molecule has 1 amide bonds. The smallest absolute Gasteiger partial charge is 0.292 e. The molecule has 5 heterocycles. The summed E-state index contributed by atoms with van der Waals surface area (Å²) in [6.07, 6.45) is 0.483. The van der Waals surface area contributed by atoms with Crippen LogP contribution in [0, 0.1) is 0 Å². The molecule has 0 radical (unpaired) electrons. The molecule has 0 spiro atoms. The number of oxazole rings is 1. The fourth-order valence-electron chi connectivity index (χ4n) is 3.95. The van der Waals surface area contributed by atoms with Gasteiger partial charge in [0.1, 0.15) is 6.04 Å². The van der Waals surface area contributed by atoms with E-state index >= 15 is 0 Å². The van der Waals surface area contributed by atoms with Crippen molar-refractivity contribution in [1.82, 2.24) is 29.5 Å². The van der Waals surface area contributed by atoms with E-state index in [-0.39, 0.29) is 6.54 Å². The standard InChI is InChI=1S/C21H18ClF3N6O2/c1-21(2,25)20-28-15(18(23)24)17(33-20)19(32)30-7-5-11-14(27-9-26-11)16(30)12-8-13-10(22)4-3-6-31(13)29-12/h3-4,6,8-9,16,18H,5,7H2,1-2H3,(H,26,27)/t16-/m1/s1. The lowest BCUT2D eigenvalue weighted by molar-refractivity contribution is 0.0630. The van der Waals surface area contributed by atoms with Crippen molar-refractivity contribution in [3.05, 3.63) is 70.2 Å². The molecule has 0 aromatic carbocycles. The highest BCUT2D eigenvalue weighted by atomic mass is 35.5. The first-order valence-electron chi connectivity index (χ1n) is 10.1. The van der Waals surface area contributed by atoms with Crippen molar-refractivity contribution in [2.75, 3.05) is 6.54 Å². The Labute approximate surface area is 190 Å². The van der Waals surface area contributed by atoms with Gasteiger partial charge in [0, 0.05) is 24.9 Å². The molecule has 0 bridgehead atoms. The SMILES string of the molecule is CC(C)(F)c1nc(C(F)F)c(C(=O)N2CCc3[nH]cnc3[C@H]2c2cc3c(Cl)cccn3n2)o1. The summed E-state index contributed by atoms with van der Waals surface area (Å²) in [5.41, 5.74) is -0.669. The first kappa shape index (κ1) is 21.5. The average Bonchev–Trinajstić information content (AvgIpc) is 3.49. The highest BCUT2D eigenvalue weighted by molar-refractivity contribution is 6.33. The molecule has 0 saturated carbocycles. The van der Waals surface area contributed by atoms with Crippen LogP contribution in [0.2, 0.25) is 5.02 Å². The van der Waals surface area contributed by atoms with Gasteiger partial charge in [-0.1, -0.05) is 11.6 Å². The van der Waals surface area contributed by atoms with Gasteiger partial charge in [0.15, 0.2) is 11.4 Å². The summed E-state index contributed by atoms with van der Waals surface area (Å²) in [6.45, 7) is 2.39. The summed E-state index contributed by atoms with van der Waals surface area (Å²) in [4.78, 5) is 25.8. The first-order valence-corrected chi connectivity index (χ1v) is 10.5. The van der Waals surface area contributed by atoms with Crippen molar-refractivity contribution in [3.63, 3.8) is 0 Å². The minimum absolute atomic E-state index is 0.165. The van der Waals surface area contributed by atoms with E-state index < -0.39 is 41.4 Å². The molecule has 1 aliphatic heterocycles. The molecule has 33 heavy (non-hydrogen) atoms. The van der Waals surface area contributed by atoms with E-state index in [2.05, 4.69) is 20.1 Å². The van der Waals surface area contributed by atoms with E-state index in [1.807, 2.05) is 0 Å². The number of hydrogen-bond donors (Lipinski definition) is 1. The van der Waals surface area contributed by atoms with Gasteiger partial charge in [-0.05, 0) is 32.0 Å². The zero-order valence-corrected chi connectivity index (χ0v) is 18.3. The summed E-state index contributed by atoms with van der Waals surface area (Å²) in [5.74, 6) is -2.14. The third-order valence-electron chi connectivity index (χ3n) is 5.50. The van der Waals surface area contributed by atoms with Gasteiger partial charge in [-0.3, -0.25) is 4.79 Å². The molecule has 8 nitrogen and oxygen atoms in total. The monoisotopic (exact) mass is 478 g/mol. The molecule has 12 heteroatoms. The number of carbonyl (C=O) groups excluding carboxylic acids is 1. The second kappa shape index (κ2) is 7.62. The van der Waals surface area contributed by atoms with Crippen molar-refractivity contribution in [3.8, 4) is 0 Å². The molecular weight excluding hydrogens is 461 g/mol. The number of hydrogen-bond acceptors (Lipinski definition) is 5. The molecule has 5 rings (SSSR count). The van der Waals surface area contributed by atoms with E-state index in [0.29, 0.717) is 28.3 Å². The second-order valence-electron chi connectivity index (χ2n) is 8.18. The lowest BCUT2D eigenvalue weighted by Crippen LogP contribution is -2.41. The largest absolute Gasteiger partial charge is 0.431 e. The minimum Gasteiger partial charge on any atom is -0.431 e. The lowest BCUT2D eigenvalue weighted by Gasteiger charge is -2.33. The van der Waals surface area contributed by atoms with Crippen molar-refractivity contribution < 1.29 is 22.4 Å². The van der Waals surface area contributed by atoms with Gasteiger partial charge in [-0.15, -0.1) is 0 Å². The number of amides is 1. The normalized spacial score (nSPS) is 16.6. The zero-order valence-electron chi connectivity index (χ0n) is 17.5. The highest BCUT2D eigenvalue weighted by Gasteiger charge is 2.41. The molecule has 0 fully saturated rings. The van der Waals surface area contributed by atoms with E-state index in [9.17, 15) is 18.0 Å². The Morgan fingerprint density at radius 1 is 1.39 bits per heavy atom. The van der Waals surface area contributed by atoms with Crippen LogP contribution in [-0.4, -0.2) is 41.9 Å². The molecular formula is C21H18ClF3N6O2. The van der Waals surface area contributed by atoms with Crippen LogP contribution in [0.1, 0.15) is 65.5 Å². The summed E-state index contributed by atoms with van der Waals surface area (Å²) in [7, 11) is 0. The predicted molar refractivity (Wildman–Crippen MR) is 111 cm³/mol. The molecule has 172 valence electrons. The fourth-order valence-corrected chi connectivity index (χ4v) is 4.16. The Morgan fingerprint density at radius 2 is 2.18 bits per heavy atom. The number of H-pyrrole nitrogens is 1. The molecule has 4 aromatic heterocycles. The third-order valence-corrected chi connectivity index (χ3v) is 5.82. The summed E-state index contributed by atoms with van der Waals surface area (Å²) >= 11 is 6.28. The van der Waals surface area contributed by atoms with Gasteiger partial charge in [-0.2, -0.15) is 5.10 Å². The number of imidazole rings is 1. The number of halogens is 4. The molecule has 1 N–H and O–H groups in total. The molecule has 0 unspecified atom stereocenters. The van der Waals surface area contributed by atoms with Gasteiger partial charge in [0.2, 0.25) is 11.7 Å². The predicted octanol–water partition coefficient (Wildman–Crippen LogP) is 4.63. The summed E-state index contributed by atoms with van der Waals surface area (Å²) in [6, 6.07) is 4.33. The Hall–Kier alpha value is -3.34. The van der Waals surface area contributed by atoms with E-state index in [1.165, 1.54) is 11.2 Å². The number of fused-ring (bicyclic) bond motifs is 2. The molecule has 1 aliphatic rings. The van der Waals surface area contributed by atoms with Crippen LogP contribution in [0.25, 0.3) is 5.52 Å². The van der Waals surface area contributed by atoms with Gasteiger partial charge in [-0.25, -0.2) is 27.7 Å². The van der Waals surface area contributed by atoms with Crippen molar-refractivity contribution in [2.24, 2.45) is 0 Å². The number of aromatic nitrogens is 5. The Kier molecular flexibility index (Phi) is 4.96. The van der Waals surface area contributed by atoms with E-state index in [4.69, 9.17) is 16.0 Å². The van der Waals surface area contributed by atoms with Crippen LogP contribution in [0.5, 0.6) is 0 Å². The number of rotatable bonds is 4. The maximum absolute atomic E-state index is 14.4. The maximum atomic E-state index is 14.4. The van der Waals surface area contributed by atoms with Crippen LogP contribution >= 0.6 is 11.6 Å². The third kappa shape index (κ3) is 3.56. The van der Waals surface area contributed by atoms with E-state index in [0.717, 1.165) is 19.5 Å². The van der Waals surface area contributed by atoms with Gasteiger partial charge >= 0.3 is 0 Å². The zero-order chi connectivity index (χ0) is 23.5. The van der Waals surface area contributed by atoms with Crippen molar-refractivity contribution >= 4 is 23.0 Å². The molecule has 1 atom stereocenters. The number of pyridine rings is 1. The molecule has 0 saturated heterocycles. The van der Waals surface area contributed by atoms with Crippen LogP contribution in [0.3, 0.4) is 0 Å². The Bertz CT molecular complexity index is 1360.